The molecule has 8 nitrogen and oxygen atoms in total. The number of benzene rings is 2. The molecule has 0 saturated carbocycles. The molecule has 9 heteroatoms. The fourth-order valence-corrected chi connectivity index (χ4v) is 2.33. The van der Waals surface area contributed by atoms with Gasteiger partial charge in [0, 0.05) is 29.3 Å². The molecule has 26 heavy (non-hydrogen) atoms. The molecule has 2 aromatic carbocycles. The van der Waals surface area contributed by atoms with Gasteiger partial charge < -0.3 is 4.98 Å². The van der Waals surface area contributed by atoms with Crippen LogP contribution < -0.4 is 10.9 Å². The average molecular weight is 354 g/mol. The molecular weight excluding hydrogens is 343 g/mol. The summed E-state index contributed by atoms with van der Waals surface area (Å²) in [5, 5.41) is 14.4. The van der Waals surface area contributed by atoms with Gasteiger partial charge in [0.25, 0.3) is 11.6 Å². The van der Waals surface area contributed by atoms with Crippen molar-refractivity contribution >= 4 is 28.7 Å². The molecule has 130 valence electrons. The number of amides is 1. The van der Waals surface area contributed by atoms with E-state index < -0.39 is 22.1 Å². The van der Waals surface area contributed by atoms with E-state index in [0.29, 0.717) is 5.56 Å². The van der Waals surface area contributed by atoms with Crippen LogP contribution in [0.1, 0.15) is 15.9 Å². The number of nitro groups is 1. The van der Waals surface area contributed by atoms with Crippen molar-refractivity contribution in [2.24, 2.45) is 5.10 Å². The number of carbonyl (C=O) groups excluding carboxylic acids is 1. The zero-order chi connectivity index (χ0) is 18.7. The summed E-state index contributed by atoms with van der Waals surface area (Å²) in [6, 6.07) is 9.61. The second-order valence-corrected chi connectivity index (χ2v) is 5.25. The molecule has 2 N–H and O–H groups in total. The van der Waals surface area contributed by atoms with Gasteiger partial charge in [-0.3, -0.25) is 19.7 Å². The van der Waals surface area contributed by atoms with Crippen LogP contribution in [0, 0.1) is 15.9 Å². The van der Waals surface area contributed by atoms with Crippen LogP contribution in [0.25, 0.3) is 10.9 Å². The third-order valence-corrected chi connectivity index (χ3v) is 3.57. The first-order valence-corrected chi connectivity index (χ1v) is 7.35. The lowest BCUT2D eigenvalue weighted by molar-refractivity contribution is -0.384. The number of hydrogen-bond donors (Lipinski definition) is 2. The Hall–Kier alpha value is -3.88. The quantitative estimate of drug-likeness (QED) is 0.425. The molecule has 0 aliphatic rings. The number of nitrogens with one attached hydrogen (secondary N) is 2. The topological polar surface area (TPSA) is 117 Å². The van der Waals surface area contributed by atoms with E-state index >= 15 is 0 Å². The summed E-state index contributed by atoms with van der Waals surface area (Å²) in [5.41, 5.74) is 1.58. The summed E-state index contributed by atoms with van der Waals surface area (Å²) in [6.07, 6.45) is 2.31. The van der Waals surface area contributed by atoms with E-state index in [1.165, 1.54) is 42.6 Å². The molecule has 1 aromatic heterocycles. The molecule has 1 amide bonds. The maximum Gasteiger partial charge on any atom is 0.276 e. The molecule has 0 fully saturated rings. The minimum absolute atomic E-state index is 0.00847. The first kappa shape index (κ1) is 17.0. The maximum absolute atomic E-state index is 13.6. The molecule has 0 saturated heterocycles. The van der Waals surface area contributed by atoms with Gasteiger partial charge in [-0.1, -0.05) is 18.2 Å². The molecule has 0 aliphatic heterocycles. The summed E-state index contributed by atoms with van der Waals surface area (Å²) >= 11 is 0. The fourth-order valence-electron chi connectivity index (χ4n) is 2.33. The molecule has 0 radical (unpaired) electrons. The van der Waals surface area contributed by atoms with E-state index in [4.69, 9.17) is 0 Å². The third kappa shape index (κ3) is 3.31. The Balaban J connectivity index is 1.82. The van der Waals surface area contributed by atoms with E-state index in [-0.39, 0.29) is 22.2 Å². The lowest BCUT2D eigenvalue weighted by atomic mass is 10.1. The lowest BCUT2D eigenvalue weighted by Crippen LogP contribution is -2.25. The molecule has 0 unspecified atom stereocenters. The van der Waals surface area contributed by atoms with Crippen LogP contribution in [0.2, 0.25) is 0 Å². The number of carbonyl (C=O) groups is 1. The third-order valence-electron chi connectivity index (χ3n) is 3.57. The summed E-state index contributed by atoms with van der Waals surface area (Å²) < 4.78 is 13.6. The zero-order valence-electron chi connectivity index (χ0n) is 13.1. The van der Waals surface area contributed by atoms with E-state index in [2.05, 4.69) is 15.5 Å². The lowest BCUT2D eigenvalue weighted by Gasteiger charge is -2.03. The standard InChI is InChI=1S/C17H11FN4O4/c18-14-6-2-5-12-15(14)19-9-13(16(12)23)17(24)21-20-8-10-3-1-4-11(7-10)22(25)26/h1-9H,(H,19,23)(H,21,24)/b20-8+. The van der Waals surface area contributed by atoms with Crippen molar-refractivity contribution in [1.82, 2.24) is 10.4 Å². The smallest absolute Gasteiger partial charge is 0.276 e. The van der Waals surface area contributed by atoms with Crippen LogP contribution >= 0.6 is 0 Å². The highest BCUT2D eigenvalue weighted by molar-refractivity contribution is 5.97. The van der Waals surface area contributed by atoms with E-state index in [9.17, 15) is 24.1 Å². The Labute approximate surface area is 145 Å². The minimum atomic E-state index is -0.793. The Morgan fingerprint density at radius 3 is 2.81 bits per heavy atom. The molecule has 0 spiro atoms. The maximum atomic E-state index is 13.6. The van der Waals surface area contributed by atoms with Crippen molar-refractivity contribution in [3.05, 3.63) is 85.9 Å². The zero-order valence-corrected chi connectivity index (χ0v) is 13.1. The number of H-pyrrole nitrogens is 1. The Kier molecular flexibility index (Phi) is 4.52. The number of pyridine rings is 1. The van der Waals surface area contributed by atoms with Gasteiger partial charge in [0.05, 0.1) is 16.7 Å². The number of fused-ring (bicyclic) bond motifs is 1. The number of aromatic amines is 1. The molecule has 0 atom stereocenters. The number of halogens is 1. The summed E-state index contributed by atoms with van der Waals surface area (Å²) in [7, 11) is 0. The fraction of sp³-hybridized carbons (Fsp3) is 0. The van der Waals surface area contributed by atoms with Crippen LogP contribution in [0.5, 0.6) is 0 Å². The normalized spacial score (nSPS) is 11.0. The predicted octanol–water partition coefficient (Wildman–Crippen LogP) is 2.34. The molecule has 3 aromatic rings. The van der Waals surface area contributed by atoms with Crippen LogP contribution in [0.3, 0.4) is 0 Å². The predicted molar refractivity (Wildman–Crippen MR) is 92.7 cm³/mol. The molecule has 0 bridgehead atoms. The van der Waals surface area contributed by atoms with Gasteiger partial charge in [0.2, 0.25) is 5.43 Å². The number of rotatable bonds is 4. The monoisotopic (exact) mass is 354 g/mol. The molecular formula is C17H11FN4O4. The first-order chi connectivity index (χ1) is 12.5. The number of aromatic nitrogens is 1. The molecule has 0 aliphatic carbocycles. The van der Waals surface area contributed by atoms with Gasteiger partial charge in [-0.05, 0) is 12.1 Å². The van der Waals surface area contributed by atoms with Crippen LogP contribution in [-0.4, -0.2) is 22.0 Å². The second-order valence-electron chi connectivity index (χ2n) is 5.25. The summed E-state index contributed by atoms with van der Waals surface area (Å²) in [4.78, 5) is 37.2. The highest BCUT2D eigenvalue weighted by Gasteiger charge is 2.14. The molecule has 1 heterocycles. The van der Waals surface area contributed by atoms with Gasteiger partial charge in [-0.2, -0.15) is 5.10 Å². The highest BCUT2D eigenvalue weighted by Crippen LogP contribution is 2.12. The van der Waals surface area contributed by atoms with Gasteiger partial charge in [-0.15, -0.1) is 0 Å². The van der Waals surface area contributed by atoms with Crippen molar-refractivity contribution in [3.8, 4) is 0 Å². The summed E-state index contributed by atoms with van der Waals surface area (Å²) in [5.74, 6) is -1.39. The number of hydrazone groups is 1. The number of hydrogen-bond acceptors (Lipinski definition) is 5. The first-order valence-electron chi connectivity index (χ1n) is 7.35. The average Bonchev–Trinajstić information content (AvgIpc) is 2.63. The van der Waals surface area contributed by atoms with Crippen LogP contribution in [-0.2, 0) is 0 Å². The Bertz CT molecular complexity index is 1110. The van der Waals surface area contributed by atoms with Crippen molar-refractivity contribution in [1.29, 1.82) is 0 Å². The van der Waals surface area contributed by atoms with Crippen LogP contribution in [0.15, 0.2) is 58.6 Å². The Morgan fingerprint density at radius 1 is 1.27 bits per heavy atom. The van der Waals surface area contributed by atoms with Crippen LogP contribution in [0.4, 0.5) is 10.1 Å². The van der Waals surface area contributed by atoms with Gasteiger partial charge >= 0.3 is 0 Å². The minimum Gasteiger partial charge on any atom is -0.358 e. The van der Waals surface area contributed by atoms with Crippen molar-refractivity contribution in [2.75, 3.05) is 0 Å². The number of nitro benzene ring substituents is 1. The van der Waals surface area contributed by atoms with Crippen molar-refractivity contribution < 1.29 is 14.1 Å². The second kappa shape index (κ2) is 6.93. The number of nitrogens with zero attached hydrogens (tertiary/aromatic N) is 2. The molecule has 3 rings (SSSR count). The largest absolute Gasteiger partial charge is 0.358 e. The van der Waals surface area contributed by atoms with Crippen molar-refractivity contribution in [3.63, 3.8) is 0 Å². The highest BCUT2D eigenvalue weighted by atomic mass is 19.1. The van der Waals surface area contributed by atoms with E-state index in [0.717, 1.165) is 6.20 Å². The van der Waals surface area contributed by atoms with Gasteiger partial charge in [0.1, 0.15) is 11.4 Å². The van der Waals surface area contributed by atoms with E-state index in [1.807, 2.05) is 0 Å². The van der Waals surface area contributed by atoms with Gasteiger partial charge in [0.15, 0.2) is 0 Å². The number of non-ortho nitro benzene ring substituents is 1. The Morgan fingerprint density at radius 2 is 2.04 bits per heavy atom. The SMILES string of the molecule is O=C(N/N=C/c1cccc([N+](=O)[O-])c1)c1c[nH]c2c(F)cccc2c1=O. The van der Waals surface area contributed by atoms with E-state index in [1.54, 1.807) is 6.07 Å². The van der Waals surface area contributed by atoms with Crippen molar-refractivity contribution in [2.45, 2.75) is 0 Å². The van der Waals surface area contributed by atoms with Gasteiger partial charge in [-0.25, -0.2) is 9.82 Å². The summed E-state index contributed by atoms with van der Waals surface area (Å²) in [6.45, 7) is 0. The number of para-hydroxylation sites is 1.